The van der Waals surface area contributed by atoms with E-state index in [9.17, 15) is 4.79 Å². The van der Waals surface area contributed by atoms with Gasteiger partial charge < -0.3 is 5.32 Å². The van der Waals surface area contributed by atoms with Gasteiger partial charge in [-0.3, -0.25) is 4.79 Å². The molecular formula is C18H20N8OS. The molecule has 28 heavy (non-hydrogen) atoms. The lowest BCUT2D eigenvalue weighted by molar-refractivity contribution is -0.116. The van der Waals surface area contributed by atoms with Gasteiger partial charge in [-0.2, -0.15) is 9.61 Å². The summed E-state index contributed by atoms with van der Waals surface area (Å²) in [6, 6.07) is 5.74. The third-order valence-electron chi connectivity index (χ3n) is 4.21. The minimum absolute atomic E-state index is 0.0561. The zero-order chi connectivity index (χ0) is 19.7. The van der Waals surface area contributed by atoms with Crippen molar-refractivity contribution in [2.75, 3.05) is 5.32 Å². The number of aromatic nitrogens is 7. The smallest absolute Gasteiger partial charge is 0.226 e. The van der Waals surface area contributed by atoms with E-state index in [1.165, 1.54) is 11.3 Å². The van der Waals surface area contributed by atoms with E-state index < -0.39 is 0 Å². The molecule has 0 saturated heterocycles. The first-order chi connectivity index (χ1) is 13.5. The number of anilines is 1. The van der Waals surface area contributed by atoms with E-state index in [1.54, 1.807) is 9.20 Å². The van der Waals surface area contributed by atoms with Gasteiger partial charge in [-0.1, -0.05) is 0 Å². The van der Waals surface area contributed by atoms with Gasteiger partial charge in [0.25, 0.3) is 0 Å². The van der Waals surface area contributed by atoms with Crippen molar-refractivity contribution in [2.45, 2.75) is 40.0 Å². The van der Waals surface area contributed by atoms with Crippen LogP contribution >= 0.6 is 11.3 Å². The van der Waals surface area contributed by atoms with Crippen LogP contribution in [0, 0.1) is 20.8 Å². The van der Waals surface area contributed by atoms with E-state index in [4.69, 9.17) is 0 Å². The van der Waals surface area contributed by atoms with Crippen LogP contribution in [-0.4, -0.2) is 40.5 Å². The number of amides is 1. The topological polar surface area (TPSA) is 103 Å². The van der Waals surface area contributed by atoms with Crippen LogP contribution in [0.25, 0.3) is 11.5 Å². The molecule has 0 atom stereocenters. The predicted molar refractivity (Wildman–Crippen MR) is 106 cm³/mol. The van der Waals surface area contributed by atoms with Crippen LogP contribution in [0.1, 0.15) is 35.7 Å². The van der Waals surface area contributed by atoms with E-state index in [-0.39, 0.29) is 5.91 Å². The molecule has 4 aromatic rings. The Hall–Kier alpha value is -3.14. The molecule has 0 fully saturated rings. The molecule has 0 radical (unpaired) electrons. The first-order valence-electron chi connectivity index (χ1n) is 8.96. The van der Waals surface area contributed by atoms with Crippen LogP contribution in [0.4, 0.5) is 5.13 Å². The maximum atomic E-state index is 12.1. The molecule has 0 spiro atoms. The van der Waals surface area contributed by atoms with E-state index >= 15 is 0 Å². The standard InChI is InChI=1S/C18H20N8OS/c1-11-9-13(3)25(23-11)16-8-7-15-22-21-14(26(15)24-16)5-4-6-17(27)20-18-19-12(2)10-28-18/h7-10H,4-6H2,1-3H3,(H,19,20,27). The monoisotopic (exact) mass is 396 g/mol. The highest BCUT2D eigenvalue weighted by molar-refractivity contribution is 7.13. The van der Waals surface area contributed by atoms with Crippen LogP contribution in [-0.2, 0) is 11.2 Å². The average molecular weight is 396 g/mol. The SMILES string of the molecule is Cc1csc(NC(=O)CCCc2nnc3ccc(-n4nc(C)cc4C)nn23)n1. The summed E-state index contributed by atoms with van der Waals surface area (Å²) in [4.78, 5) is 16.3. The summed E-state index contributed by atoms with van der Waals surface area (Å²) < 4.78 is 3.51. The summed E-state index contributed by atoms with van der Waals surface area (Å²) >= 11 is 1.43. The molecule has 4 heterocycles. The predicted octanol–water partition coefficient (Wildman–Crippen LogP) is 2.65. The Morgan fingerprint density at radius 2 is 2.00 bits per heavy atom. The fourth-order valence-electron chi connectivity index (χ4n) is 2.95. The zero-order valence-corrected chi connectivity index (χ0v) is 16.7. The van der Waals surface area contributed by atoms with Gasteiger partial charge in [0.1, 0.15) is 0 Å². The molecule has 0 saturated carbocycles. The molecule has 0 aliphatic carbocycles. The number of nitrogens with zero attached hydrogens (tertiary/aromatic N) is 7. The van der Waals surface area contributed by atoms with Gasteiger partial charge in [-0.05, 0) is 45.4 Å². The molecule has 1 N–H and O–H groups in total. The maximum absolute atomic E-state index is 12.1. The Morgan fingerprint density at radius 1 is 1.14 bits per heavy atom. The second-order valence-electron chi connectivity index (χ2n) is 6.61. The number of hydrogen-bond donors (Lipinski definition) is 1. The van der Waals surface area contributed by atoms with Gasteiger partial charge in [-0.15, -0.1) is 26.6 Å². The lowest BCUT2D eigenvalue weighted by Gasteiger charge is -2.05. The largest absolute Gasteiger partial charge is 0.302 e. The van der Waals surface area contributed by atoms with Gasteiger partial charge >= 0.3 is 0 Å². The molecule has 4 aromatic heterocycles. The second kappa shape index (κ2) is 7.47. The normalized spacial score (nSPS) is 11.2. The fourth-order valence-corrected chi connectivity index (χ4v) is 3.66. The molecular weight excluding hydrogens is 376 g/mol. The molecule has 4 rings (SSSR count). The number of fused-ring (bicyclic) bond motifs is 1. The van der Waals surface area contributed by atoms with Crippen molar-refractivity contribution in [2.24, 2.45) is 0 Å². The molecule has 9 nitrogen and oxygen atoms in total. The highest BCUT2D eigenvalue weighted by Gasteiger charge is 2.12. The number of carbonyl (C=O) groups is 1. The van der Waals surface area contributed by atoms with Gasteiger partial charge in [0, 0.05) is 23.9 Å². The number of thiazole rings is 1. The number of carbonyl (C=O) groups excluding carboxylic acids is 1. The fraction of sp³-hybridized carbons (Fsp3) is 0.333. The molecule has 10 heteroatoms. The number of aryl methyl sites for hydroxylation is 4. The highest BCUT2D eigenvalue weighted by atomic mass is 32.1. The van der Waals surface area contributed by atoms with Crippen molar-refractivity contribution in [3.05, 3.63) is 46.5 Å². The third-order valence-corrected chi connectivity index (χ3v) is 5.09. The highest BCUT2D eigenvalue weighted by Crippen LogP contribution is 2.15. The lowest BCUT2D eigenvalue weighted by atomic mass is 10.2. The Kier molecular flexibility index (Phi) is 4.86. The van der Waals surface area contributed by atoms with Crippen LogP contribution < -0.4 is 5.32 Å². The average Bonchev–Trinajstić information content (AvgIpc) is 3.34. The molecule has 0 unspecified atom stereocenters. The maximum Gasteiger partial charge on any atom is 0.226 e. The van der Waals surface area contributed by atoms with Crippen molar-refractivity contribution < 1.29 is 4.79 Å². The van der Waals surface area contributed by atoms with Crippen molar-refractivity contribution in [1.29, 1.82) is 0 Å². The number of hydrogen-bond acceptors (Lipinski definition) is 7. The molecule has 0 aliphatic rings. The van der Waals surface area contributed by atoms with Crippen molar-refractivity contribution in [1.82, 2.24) is 34.6 Å². The summed E-state index contributed by atoms with van der Waals surface area (Å²) in [6.45, 7) is 5.84. The van der Waals surface area contributed by atoms with E-state index in [0.29, 0.717) is 35.9 Å². The van der Waals surface area contributed by atoms with Crippen molar-refractivity contribution >= 4 is 28.0 Å². The molecule has 0 aromatic carbocycles. The lowest BCUT2D eigenvalue weighted by Crippen LogP contribution is -2.12. The first kappa shape index (κ1) is 18.2. The van der Waals surface area contributed by atoms with Crippen LogP contribution in [0.15, 0.2) is 23.6 Å². The second-order valence-corrected chi connectivity index (χ2v) is 7.47. The summed E-state index contributed by atoms with van der Waals surface area (Å²) in [6.07, 6.45) is 1.62. The Labute approximate surface area is 165 Å². The molecule has 144 valence electrons. The van der Waals surface area contributed by atoms with Crippen LogP contribution in [0.2, 0.25) is 0 Å². The number of nitrogens with one attached hydrogen (secondary N) is 1. The van der Waals surface area contributed by atoms with Crippen molar-refractivity contribution in [3.63, 3.8) is 0 Å². The Bertz CT molecular complexity index is 1140. The number of rotatable bonds is 6. The quantitative estimate of drug-likeness (QED) is 0.537. The van der Waals surface area contributed by atoms with Gasteiger partial charge in [-0.25, -0.2) is 9.67 Å². The summed E-state index contributed by atoms with van der Waals surface area (Å²) in [5.74, 6) is 1.37. The minimum Gasteiger partial charge on any atom is -0.302 e. The van der Waals surface area contributed by atoms with Crippen LogP contribution in [0.5, 0.6) is 0 Å². The minimum atomic E-state index is -0.0561. The first-order valence-corrected chi connectivity index (χ1v) is 9.84. The third kappa shape index (κ3) is 3.77. The Balaban J connectivity index is 1.44. The summed E-state index contributed by atoms with van der Waals surface area (Å²) in [5, 5.41) is 22.8. The van der Waals surface area contributed by atoms with Crippen molar-refractivity contribution in [3.8, 4) is 5.82 Å². The molecule has 0 aliphatic heterocycles. The molecule has 0 bridgehead atoms. The van der Waals surface area contributed by atoms with Gasteiger partial charge in [0.15, 0.2) is 22.4 Å². The van der Waals surface area contributed by atoms with E-state index in [0.717, 1.165) is 22.9 Å². The van der Waals surface area contributed by atoms with Gasteiger partial charge in [0.05, 0.1) is 11.4 Å². The summed E-state index contributed by atoms with van der Waals surface area (Å²) in [5.41, 5.74) is 3.51. The van der Waals surface area contributed by atoms with Crippen LogP contribution in [0.3, 0.4) is 0 Å². The zero-order valence-electron chi connectivity index (χ0n) is 15.9. The van der Waals surface area contributed by atoms with Gasteiger partial charge in [0.2, 0.25) is 5.91 Å². The van der Waals surface area contributed by atoms with E-state index in [2.05, 4.69) is 30.7 Å². The van der Waals surface area contributed by atoms with E-state index in [1.807, 2.05) is 44.4 Å². The molecule has 1 amide bonds. The summed E-state index contributed by atoms with van der Waals surface area (Å²) in [7, 11) is 0. The Morgan fingerprint density at radius 3 is 2.71 bits per heavy atom.